The highest BCUT2D eigenvalue weighted by atomic mass is 16.5. The molecule has 0 aromatic rings. The van der Waals surface area contributed by atoms with Gasteiger partial charge in [-0.05, 0) is 38.5 Å². The van der Waals surface area contributed by atoms with Crippen LogP contribution in [0, 0.1) is 5.92 Å². The molecule has 1 saturated carbocycles. The van der Waals surface area contributed by atoms with E-state index in [1.54, 1.807) is 0 Å². The predicted octanol–water partition coefficient (Wildman–Crippen LogP) is 1.68. The number of esters is 1. The van der Waals surface area contributed by atoms with E-state index in [1.807, 2.05) is 0 Å². The Morgan fingerprint density at radius 3 is 2.68 bits per heavy atom. The molecule has 0 heterocycles. The average Bonchev–Trinajstić information content (AvgIpc) is 3.23. The molecular weight excluding hydrogens is 242 g/mol. The number of carbonyl (C=O) groups excluding carboxylic acids is 1. The number of unbranched alkanes of at least 4 members (excludes halogenated alkanes) is 2. The lowest BCUT2D eigenvalue weighted by Crippen LogP contribution is -2.38. The van der Waals surface area contributed by atoms with Gasteiger partial charge in [0.2, 0.25) is 0 Å². The van der Waals surface area contributed by atoms with Gasteiger partial charge >= 0.3 is 5.97 Å². The van der Waals surface area contributed by atoms with Gasteiger partial charge in [0.05, 0.1) is 7.11 Å². The molecule has 0 radical (unpaired) electrons. The summed E-state index contributed by atoms with van der Waals surface area (Å²) < 4.78 is 4.60. The van der Waals surface area contributed by atoms with Crippen LogP contribution < -0.4 is 10.6 Å². The second-order valence-corrected chi connectivity index (χ2v) is 4.98. The van der Waals surface area contributed by atoms with Gasteiger partial charge in [-0.1, -0.05) is 6.42 Å². The van der Waals surface area contributed by atoms with E-state index >= 15 is 0 Å². The molecule has 0 unspecified atom stereocenters. The first-order chi connectivity index (χ1) is 9.26. The molecule has 0 amide bonds. The standard InChI is InChI=1S/C14H27N3O2/c1-3-15-14(17-11-12-8-9-12)16-10-6-4-5-7-13(18)19-2/h12H,3-11H2,1-2H3,(H2,15,16,17). The molecule has 1 aliphatic carbocycles. The zero-order valence-electron chi connectivity index (χ0n) is 12.2. The first-order valence-corrected chi connectivity index (χ1v) is 7.35. The van der Waals surface area contributed by atoms with Crippen molar-refractivity contribution >= 4 is 11.9 Å². The molecular formula is C14H27N3O2. The monoisotopic (exact) mass is 269 g/mol. The van der Waals surface area contributed by atoms with Gasteiger partial charge in [0.25, 0.3) is 0 Å². The van der Waals surface area contributed by atoms with Gasteiger partial charge in [-0.2, -0.15) is 0 Å². The Hall–Kier alpha value is -1.26. The number of guanidine groups is 1. The molecule has 2 N–H and O–H groups in total. The van der Waals surface area contributed by atoms with E-state index in [4.69, 9.17) is 0 Å². The zero-order valence-corrected chi connectivity index (χ0v) is 12.2. The molecule has 1 aliphatic rings. The topological polar surface area (TPSA) is 62.7 Å². The molecule has 0 bridgehead atoms. The fourth-order valence-electron chi connectivity index (χ4n) is 1.74. The SMILES string of the molecule is CCNC(=NCC1CC1)NCCCCCC(=O)OC. The molecule has 0 atom stereocenters. The first kappa shape index (κ1) is 15.8. The Kier molecular flexibility index (Phi) is 8.02. The summed E-state index contributed by atoms with van der Waals surface area (Å²) in [7, 11) is 1.43. The van der Waals surface area contributed by atoms with Crippen LogP contribution in [0.4, 0.5) is 0 Å². The van der Waals surface area contributed by atoms with E-state index in [1.165, 1.54) is 20.0 Å². The summed E-state index contributed by atoms with van der Waals surface area (Å²) in [5, 5.41) is 6.58. The number of rotatable bonds is 9. The number of hydrogen-bond acceptors (Lipinski definition) is 3. The van der Waals surface area contributed by atoms with Crippen LogP contribution in [0.15, 0.2) is 4.99 Å². The highest BCUT2D eigenvalue weighted by Gasteiger charge is 2.20. The Morgan fingerprint density at radius 2 is 2.05 bits per heavy atom. The fraction of sp³-hybridized carbons (Fsp3) is 0.857. The largest absolute Gasteiger partial charge is 0.469 e. The summed E-state index contributed by atoms with van der Waals surface area (Å²) in [6, 6.07) is 0. The molecule has 5 nitrogen and oxygen atoms in total. The molecule has 0 aromatic carbocycles. The highest BCUT2D eigenvalue weighted by molar-refractivity contribution is 5.79. The van der Waals surface area contributed by atoms with Crippen molar-refractivity contribution in [2.75, 3.05) is 26.7 Å². The van der Waals surface area contributed by atoms with E-state index < -0.39 is 0 Å². The summed E-state index contributed by atoms with van der Waals surface area (Å²) in [5.41, 5.74) is 0. The highest BCUT2D eigenvalue weighted by Crippen LogP contribution is 2.28. The Morgan fingerprint density at radius 1 is 1.26 bits per heavy atom. The number of nitrogens with one attached hydrogen (secondary N) is 2. The quantitative estimate of drug-likeness (QED) is 0.289. The van der Waals surface area contributed by atoms with Crippen LogP contribution in [-0.4, -0.2) is 38.7 Å². The lowest BCUT2D eigenvalue weighted by Gasteiger charge is -2.10. The Balaban J connectivity index is 2.03. The zero-order chi connectivity index (χ0) is 13.9. The minimum absolute atomic E-state index is 0.118. The van der Waals surface area contributed by atoms with Gasteiger partial charge in [-0.25, -0.2) is 0 Å². The molecule has 0 aliphatic heterocycles. The third-order valence-electron chi connectivity index (χ3n) is 3.13. The summed E-state index contributed by atoms with van der Waals surface area (Å²) >= 11 is 0. The molecule has 5 heteroatoms. The van der Waals surface area contributed by atoms with Crippen LogP contribution >= 0.6 is 0 Å². The molecule has 1 rings (SSSR count). The minimum atomic E-state index is -0.118. The molecule has 1 fully saturated rings. The maximum absolute atomic E-state index is 10.9. The third-order valence-corrected chi connectivity index (χ3v) is 3.13. The van der Waals surface area contributed by atoms with Crippen LogP contribution in [0.5, 0.6) is 0 Å². The molecule has 19 heavy (non-hydrogen) atoms. The lowest BCUT2D eigenvalue weighted by molar-refractivity contribution is -0.140. The normalized spacial score (nSPS) is 15.2. The Bertz CT molecular complexity index is 288. The van der Waals surface area contributed by atoms with Crippen molar-refractivity contribution in [1.29, 1.82) is 0 Å². The van der Waals surface area contributed by atoms with Gasteiger partial charge in [0, 0.05) is 26.1 Å². The first-order valence-electron chi connectivity index (χ1n) is 7.35. The van der Waals surface area contributed by atoms with Gasteiger partial charge in [0.1, 0.15) is 0 Å². The number of nitrogens with zero attached hydrogens (tertiary/aromatic N) is 1. The van der Waals surface area contributed by atoms with Crippen molar-refractivity contribution in [2.24, 2.45) is 10.9 Å². The molecule has 0 aromatic heterocycles. The van der Waals surface area contributed by atoms with Crippen molar-refractivity contribution in [1.82, 2.24) is 10.6 Å². The van der Waals surface area contributed by atoms with Gasteiger partial charge in [-0.15, -0.1) is 0 Å². The van der Waals surface area contributed by atoms with Crippen molar-refractivity contribution < 1.29 is 9.53 Å². The van der Waals surface area contributed by atoms with Crippen LogP contribution in [-0.2, 0) is 9.53 Å². The molecule has 110 valence electrons. The smallest absolute Gasteiger partial charge is 0.305 e. The summed E-state index contributed by atoms with van der Waals surface area (Å²) in [5.74, 6) is 1.62. The van der Waals surface area contributed by atoms with Crippen molar-refractivity contribution in [3.8, 4) is 0 Å². The fourth-order valence-corrected chi connectivity index (χ4v) is 1.74. The van der Waals surface area contributed by atoms with Crippen LogP contribution in [0.1, 0.15) is 45.4 Å². The van der Waals surface area contributed by atoms with E-state index in [0.29, 0.717) is 6.42 Å². The van der Waals surface area contributed by atoms with Crippen LogP contribution in [0.3, 0.4) is 0 Å². The maximum Gasteiger partial charge on any atom is 0.305 e. The van der Waals surface area contributed by atoms with Crippen molar-refractivity contribution in [2.45, 2.75) is 45.4 Å². The number of hydrogen-bond donors (Lipinski definition) is 2. The second kappa shape index (κ2) is 9.64. The van der Waals surface area contributed by atoms with Crippen molar-refractivity contribution in [3.63, 3.8) is 0 Å². The number of carbonyl (C=O) groups is 1. The molecule has 0 spiro atoms. The van der Waals surface area contributed by atoms with E-state index in [0.717, 1.165) is 50.8 Å². The van der Waals surface area contributed by atoms with E-state index in [9.17, 15) is 4.79 Å². The van der Waals surface area contributed by atoms with Gasteiger partial charge < -0.3 is 15.4 Å². The lowest BCUT2D eigenvalue weighted by atomic mass is 10.2. The average molecular weight is 269 g/mol. The maximum atomic E-state index is 10.9. The predicted molar refractivity (Wildman–Crippen MR) is 77.2 cm³/mol. The molecule has 0 saturated heterocycles. The summed E-state index contributed by atoms with van der Waals surface area (Å²) in [4.78, 5) is 15.5. The van der Waals surface area contributed by atoms with Gasteiger partial charge in [0.15, 0.2) is 5.96 Å². The number of methoxy groups -OCH3 is 1. The van der Waals surface area contributed by atoms with Crippen LogP contribution in [0.2, 0.25) is 0 Å². The Labute approximate surface area is 116 Å². The van der Waals surface area contributed by atoms with Gasteiger partial charge in [-0.3, -0.25) is 9.79 Å². The summed E-state index contributed by atoms with van der Waals surface area (Å²) in [6.07, 6.45) is 6.15. The summed E-state index contributed by atoms with van der Waals surface area (Å²) in [6.45, 7) is 4.80. The number of ether oxygens (including phenoxy) is 1. The minimum Gasteiger partial charge on any atom is -0.469 e. The second-order valence-electron chi connectivity index (χ2n) is 4.98. The van der Waals surface area contributed by atoms with Crippen LogP contribution in [0.25, 0.3) is 0 Å². The van der Waals surface area contributed by atoms with Crippen molar-refractivity contribution in [3.05, 3.63) is 0 Å². The van der Waals surface area contributed by atoms with E-state index in [2.05, 4.69) is 27.3 Å². The van der Waals surface area contributed by atoms with E-state index in [-0.39, 0.29) is 5.97 Å². The third kappa shape index (κ3) is 8.46. The number of aliphatic imine (C=N–C) groups is 1.